The van der Waals surface area contributed by atoms with E-state index in [1.165, 1.54) is 0 Å². The van der Waals surface area contributed by atoms with Gasteiger partial charge in [-0.3, -0.25) is 4.79 Å². The molecule has 0 aliphatic carbocycles. The van der Waals surface area contributed by atoms with E-state index in [0.717, 1.165) is 30.1 Å². The molecule has 0 aromatic heterocycles. The number of nitrogens with zero attached hydrogens (tertiary/aromatic N) is 2. The van der Waals surface area contributed by atoms with Gasteiger partial charge < -0.3 is 14.5 Å². The minimum atomic E-state index is 0.0142. The van der Waals surface area contributed by atoms with Gasteiger partial charge in [-0.25, -0.2) is 0 Å². The van der Waals surface area contributed by atoms with E-state index in [1.54, 1.807) is 7.11 Å². The molecule has 5 heteroatoms. The third-order valence-electron chi connectivity index (χ3n) is 3.82. The smallest absolute Gasteiger partial charge is 0.237 e. The van der Waals surface area contributed by atoms with Gasteiger partial charge in [-0.1, -0.05) is 6.07 Å². The van der Waals surface area contributed by atoms with Crippen molar-refractivity contribution in [3.05, 3.63) is 23.8 Å². The van der Waals surface area contributed by atoms with Crippen LogP contribution in [0.25, 0.3) is 0 Å². The Morgan fingerprint density at radius 1 is 1.45 bits per heavy atom. The Morgan fingerprint density at radius 2 is 2.20 bits per heavy atom. The SMILES string of the molecule is COc1cc(N2CCN(C(=O)CCl)[C@@H](C)C2)ccc1C. The molecule has 1 atom stereocenters. The highest BCUT2D eigenvalue weighted by molar-refractivity contribution is 6.27. The summed E-state index contributed by atoms with van der Waals surface area (Å²) in [5.41, 5.74) is 2.26. The van der Waals surface area contributed by atoms with E-state index in [2.05, 4.69) is 30.0 Å². The van der Waals surface area contributed by atoms with E-state index < -0.39 is 0 Å². The van der Waals surface area contributed by atoms with Crippen molar-refractivity contribution in [2.24, 2.45) is 0 Å². The average Bonchev–Trinajstić information content (AvgIpc) is 2.47. The summed E-state index contributed by atoms with van der Waals surface area (Å²) in [4.78, 5) is 15.9. The van der Waals surface area contributed by atoms with Crippen LogP contribution in [0.3, 0.4) is 0 Å². The van der Waals surface area contributed by atoms with Gasteiger partial charge in [-0.2, -0.15) is 0 Å². The highest BCUT2D eigenvalue weighted by atomic mass is 35.5. The Bertz CT molecular complexity index is 493. The number of ether oxygens (including phenoxy) is 1. The van der Waals surface area contributed by atoms with E-state index in [0.29, 0.717) is 6.54 Å². The van der Waals surface area contributed by atoms with Gasteiger partial charge in [-0.05, 0) is 25.5 Å². The first-order valence-corrected chi connectivity index (χ1v) is 7.35. The van der Waals surface area contributed by atoms with Crippen molar-refractivity contribution in [3.8, 4) is 5.75 Å². The number of aryl methyl sites for hydroxylation is 1. The Morgan fingerprint density at radius 3 is 2.80 bits per heavy atom. The maximum absolute atomic E-state index is 11.7. The number of halogens is 1. The third-order valence-corrected chi connectivity index (χ3v) is 4.05. The normalized spacial score (nSPS) is 19.1. The number of anilines is 1. The molecule has 4 nitrogen and oxygen atoms in total. The standard InChI is InChI=1S/C15H21ClN2O2/c1-11-4-5-13(8-14(11)20-3)17-6-7-18(12(2)10-17)15(19)9-16/h4-5,8,12H,6-7,9-10H2,1-3H3/t12-/m0/s1. The van der Waals surface area contributed by atoms with E-state index in [1.807, 2.05) is 11.8 Å². The summed E-state index contributed by atoms with van der Waals surface area (Å²) in [6.45, 7) is 6.43. The molecule has 0 unspecified atom stereocenters. The fraction of sp³-hybridized carbons (Fsp3) is 0.533. The molecule has 1 heterocycles. The third kappa shape index (κ3) is 3.01. The maximum Gasteiger partial charge on any atom is 0.237 e. The van der Waals surface area contributed by atoms with Crippen LogP contribution in [0, 0.1) is 6.92 Å². The number of methoxy groups -OCH3 is 1. The maximum atomic E-state index is 11.7. The summed E-state index contributed by atoms with van der Waals surface area (Å²) < 4.78 is 5.37. The van der Waals surface area contributed by atoms with E-state index in [4.69, 9.17) is 16.3 Å². The summed E-state index contributed by atoms with van der Waals surface area (Å²) in [7, 11) is 1.69. The molecule has 20 heavy (non-hydrogen) atoms. The minimum absolute atomic E-state index is 0.0142. The van der Waals surface area contributed by atoms with Gasteiger partial charge in [0.15, 0.2) is 0 Å². The van der Waals surface area contributed by atoms with Gasteiger partial charge in [0.05, 0.1) is 7.11 Å². The average molecular weight is 297 g/mol. The van der Waals surface area contributed by atoms with Crippen LogP contribution in [0.1, 0.15) is 12.5 Å². The van der Waals surface area contributed by atoms with Crippen molar-refractivity contribution in [3.63, 3.8) is 0 Å². The first-order chi connectivity index (χ1) is 9.56. The summed E-state index contributed by atoms with van der Waals surface area (Å²) >= 11 is 5.64. The number of piperazine rings is 1. The van der Waals surface area contributed by atoms with Gasteiger partial charge >= 0.3 is 0 Å². The Balaban J connectivity index is 2.11. The molecule has 1 aliphatic heterocycles. The lowest BCUT2D eigenvalue weighted by molar-refractivity contribution is -0.130. The van der Waals surface area contributed by atoms with Gasteiger partial charge in [0, 0.05) is 37.4 Å². The number of carbonyl (C=O) groups is 1. The van der Waals surface area contributed by atoms with E-state index in [9.17, 15) is 4.79 Å². The molecule has 1 amide bonds. The van der Waals surface area contributed by atoms with Crippen LogP contribution in [0.4, 0.5) is 5.69 Å². The molecular weight excluding hydrogens is 276 g/mol. The molecule has 1 saturated heterocycles. The summed E-state index contributed by atoms with van der Waals surface area (Å²) in [5, 5.41) is 0. The summed E-state index contributed by atoms with van der Waals surface area (Å²) in [5.74, 6) is 0.970. The number of amides is 1. The quantitative estimate of drug-likeness (QED) is 0.802. The Labute approximate surface area is 125 Å². The highest BCUT2D eigenvalue weighted by Crippen LogP contribution is 2.26. The van der Waals surface area contributed by atoms with Gasteiger partial charge in [-0.15, -0.1) is 11.6 Å². The largest absolute Gasteiger partial charge is 0.496 e. The van der Waals surface area contributed by atoms with Crippen LogP contribution in [0.5, 0.6) is 5.75 Å². The zero-order valence-corrected chi connectivity index (χ0v) is 13.0. The molecule has 110 valence electrons. The lowest BCUT2D eigenvalue weighted by Gasteiger charge is -2.41. The van der Waals surface area contributed by atoms with Crippen LogP contribution in [0.15, 0.2) is 18.2 Å². The molecule has 2 rings (SSSR count). The van der Waals surface area contributed by atoms with Crippen LogP contribution in [0.2, 0.25) is 0 Å². The first kappa shape index (κ1) is 15.0. The fourth-order valence-corrected chi connectivity index (χ4v) is 2.80. The number of carbonyl (C=O) groups excluding carboxylic acids is 1. The lowest BCUT2D eigenvalue weighted by atomic mass is 10.1. The van der Waals surface area contributed by atoms with Crippen molar-refractivity contribution in [2.45, 2.75) is 19.9 Å². The second-order valence-corrected chi connectivity index (χ2v) is 5.44. The van der Waals surface area contributed by atoms with Crippen molar-refractivity contribution in [2.75, 3.05) is 37.5 Å². The monoisotopic (exact) mass is 296 g/mol. The molecular formula is C15H21ClN2O2. The number of alkyl halides is 1. The van der Waals surface area contributed by atoms with Gasteiger partial charge in [0.25, 0.3) is 0 Å². The lowest BCUT2D eigenvalue weighted by Crippen LogP contribution is -2.54. The predicted molar refractivity (Wildman–Crippen MR) is 81.8 cm³/mol. The molecule has 1 aromatic rings. The molecule has 0 saturated carbocycles. The van der Waals surface area contributed by atoms with Crippen molar-refractivity contribution < 1.29 is 9.53 Å². The molecule has 0 spiro atoms. The van der Waals surface area contributed by atoms with Crippen LogP contribution in [-0.2, 0) is 4.79 Å². The van der Waals surface area contributed by atoms with Crippen LogP contribution in [-0.4, -0.2) is 49.5 Å². The fourth-order valence-electron chi connectivity index (χ4n) is 2.64. The topological polar surface area (TPSA) is 32.8 Å². The molecule has 0 radical (unpaired) electrons. The van der Waals surface area contributed by atoms with Crippen LogP contribution >= 0.6 is 11.6 Å². The highest BCUT2D eigenvalue weighted by Gasteiger charge is 2.27. The first-order valence-electron chi connectivity index (χ1n) is 6.82. The number of benzene rings is 1. The zero-order valence-electron chi connectivity index (χ0n) is 12.2. The van der Waals surface area contributed by atoms with Crippen molar-refractivity contribution in [1.29, 1.82) is 0 Å². The van der Waals surface area contributed by atoms with Gasteiger partial charge in [0.2, 0.25) is 5.91 Å². The summed E-state index contributed by atoms with van der Waals surface area (Å²) in [6, 6.07) is 6.39. The molecule has 0 N–H and O–H groups in total. The van der Waals surface area contributed by atoms with Gasteiger partial charge in [0.1, 0.15) is 11.6 Å². The van der Waals surface area contributed by atoms with Crippen molar-refractivity contribution in [1.82, 2.24) is 4.90 Å². The number of hydrogen-bond donors (Lipinski definition) is 0. The summed E-state index contributed by atoms with van der Waals surface area (Å²) in [6.07, 6.45) is 0. The van der Waals surface area contributed by atoms with Crippen LogP contribution < -0.4 is 9.64 Å². The van der Waals surface area contributed by atoms with Crippen molar-refractivity contribution >= 4 is 23.2 Å². The molecule has 1 fully saturated rings. The van der Waals surface area contributed by atoms with E-state index >= 15 is 0 Å². The second-order valence-electron chi connectivity index (χ2n) is 5.17. The predicted octanol–water partition coefficient (Wildman–Crippen LogP) is 2.28. The number of rotatable bonds is 3. The zero-order chi connectivity index (χ0) is 14.7. The molecule has 1 aromatic carbocycles. The Hall–Kier alpha value is -1.42. The molecule has 0 bridgehead atoms. The second kappa shape index (κ2) is 6.35. The molecule has 1 aliphatic rings. The minimum Gasteiger partial charge on any atom is -0.496 e. The Kier molecular flexibility index (Phi) is 4.76. The number of hydrogen-bond acceptors (Lipinski definition) is 3. The van der Waals surface area contributed by atoms with E-state index in [-0.39, 0.29) is 17.8 Å².